The number of ether oxygens (including phenoxy) is 1. The van der Waals surface area contributed by atoms with Gasteiger partial charge in [-0.3, -0.25) is 4.79 Å². The molecule has 1 atom stereocenters. The lowest BCUT2D eigenvalue weighted by Crippen LogP contribution is -2.44. The first kappa shape index (κ1) is 12.7. The van der Waals surface area contributed by atoms with Crippen molar-refractivity contribution in [3.8, 4) is 0 Å². The van der Waals surface area contributed by atoms with Crippen molar-refractivity contribution in [2.75, 3.05) is 6.61 Å². The second-order valence-corrected chi connectivity index (χ2v) is 4.58. The fourth-order valence-electron chi connectivity index (χ4n) is 1.87. The molecule has 0 spiro atoms. The molecule has 0 saturated heterocycles. The van der Waals surface area contributed by atoms with Gasteiger partial charge in [0.05, 0.1) is 0 Å². The Morgan fingerprint density at radius 1 is 1.44 bits per heavy atom. The van der Waals surface area contributed by atoms with E-state index in [0.717, 1.165) is 0 Å². The third-order valence-electron chi connectivity index (χ3n) is 2.62. The third-order valence-corrected chi connectivity index (χ3v) is 3.50. The lowest BCUT2D eigenvalue weighted by Gasteiger charge is -2.28. The largest absolute Gasteiger partial charge is 0.366 e. The van der Waals surface area contributed by atoms with Gasteiger partial charge in [-0.2, -0.15) is 0 Å². The highest BCUT2D eigenvalue weighted by Gasteiger charge is 2.43. The Morgan fingerprint density at radius 3 is 2.67 bits per heavy atom. The molecule has 1 aromatic heterocycles. The summed E-state index contributed by atoms with van der Waals surface area (Å²) in [5, 5.41) is 2.36. The van der Waals surface area contributed by atoms with E-state index >= 15 is 0 Å². The van der Waals surface area contributed by atoms with Gasteiger partial charge in [-0.15, -0.1) is 11.3 Å². The van der Waals surface area contributed by atoms with Gasteiger partial charge in [0.15, 0.2) is 0 Å². The summed E-state index contributed by atoms with van der Waals surface area (Å²) in [6.07, 6.45) is 1.64. The van der Waals surface area contributed by atoms with Gasteiger partial charge in [0.1, 0.15) is 5.01 Å². The van der Waals surface area contributed by atoms with E-state index in [4.69, 9.17) is 10.5 Å². The van der Waals surface area contributed by atoms with E-state index < -0.39 is 11.5 Å². The van der Waals surface area contributed by atoms with E-state index in [1.54, 1.807) is 11.6 Å². The van der Waals surface area contributed by atoms with Crippen LogP contribution in [0.4, 0.5) is 0 Å². The van der Waals surface area contributed by atoms with Crippen molar-refractivity contribution in [3.05, 3.63) is 52.5 Å². The van der Waals surface area contributed by atoms with Crippen LogP contribution in [-0.2, 0) is 15.1 Å². The Bertz CT molecular complexity index is 513. The maximum absolute atomic E-state index is 12.0. The van der Waals surface area contributed by atoms with Crippen LogP contribution in [0.2, 0.25) is 0 Å². The summed E-state index contributed by atoms with van der Waals surface area (Å²) < 4.78 is 5.69. The molecule has 1 aromatic carbocycles. The monoisotopic (exact) mass is 262 g/mol. The average molecular weight is 262 g/mol. The smallest absolute Gasteiger partial charge is 0.261 e. The van der Waals surface area contributed by atoms with Gasteiger partial charge >= 0.3 is 0 Å². The Hall–Kier alpha value is -1.72. The number of benzene rings is 1. The average Bonchev–Trinajstić information content (AvgIpc) is 2.90. The number of hydrogen-bond donors (Lipinski definition) is 1. The summed E-state index contributed by atoms with van der Waals surface area (Å²) in [6, 6.07) is 9.21. The van der Waals surface area contributed by atoms with Gasteiger partial charge in [0.2, 0.25) is 5.60 Å². The fraction of sp³-hybridized carbons (Fsp3) is 0.231. The number of amides is 1. The molecule has 0 aliphatic rings. The molecular formula is C13H14N2O2S. The first-order valence-electron chi connectivity index (χ1n) is 5.61. The number of nitrogens with two attached hydrogens (primary N) is 1. The van der Waals surface area contributed by atoms with Gasteiger partial charge in [0, 0.05) is 23.7 Å². The molecule has 0 bridgehead atoms. The quantitative estimate of drug-likeness (QED) is 0.895. The highest BCUT2D eigenvalue weighted by Crippen LogP contribution is 2.34. The van der Waals surface area contributed by atoms with Crippen molar-refractivity contribution in [3.63, 3.8) is 0 Å². The van der Waals surface area contributed by atoms with Gasteiger partial charge in [-0.05, 0) is 6.92 Å². The highest BCUT2D eigenvalue weighted by molar-refractivity contribution is 7.09. The molecule has 5 heteroatoms. The Kier molecular flexibility index (Phi) is 3.74. The van der Waals surface area contributed by atoms with E-state index in [0.29, 0.717) is 17.2 Å². The molecule has 1 heterocycles. The molecule has 2 rings (SSSR count). The summed E-state index contributed by atoms with van der Waals surface area (Å²) in [4.78, 5) is 16.2. The SMILES string of the molecule is CCOC(C(N)=O)(c1ccccc1)c1nccs1. The summed E-state index contributed by atoms with van der Waals surface area (Å²) in [6.45, 7) is 2.20. The van der Waals surface area contributed by atoms with Crippen LogP contribution in [0.15, 0.2) is 41.9 Å². The maximum atomic E-state index is 12.0. The second kappa shape index (κ2) is 5.29. The molecule has 18 heavy (non-hydrogen) atoms. The van der Waals surface area contributed by atoms with Crippen LogP contribution in [0.25, 0.3) is 0 Å². The Balaban J connectivity index is 2.62. The number of nitrogens with zero attached hydrogens (tertiary/aromatic N) is 1. The van der Waals surface area contributed by atoms with E-state index in [1.165, 1.54) is 11.3 Å². The van der Waals surface area contributed by atoms with E-state index in [1.807, 2.05) is 37.3 Å². The van der Waals surface area contributed by atoms with Gasteiger partial charge in [0.25, 0.3) is 5.91 Å². The molecule has 94 valence electrons. The molecule has 1 unspecified atom stereocenters. The van der Waals surface area contributed by atoms with Crippen LogP contribution in [0.5, 0.6) is 0 Å². The zero-order valence-electron chi connectivity index (χ0n) is 10.00. The number of aromatic nitrogens is 1. The minimum absolute atomic E-state index is 0.372. The predicted octanol–water partition coefficient (Wildman–Crippen LogP) is 1.91. The molecule has 0 radical (unpaired) electrons. The molecule has 1 amide bonds. The number of rotatable bonds is 5. The summed E-state index contributed by atoms with van der Waals surface area (Å²) in [5.41, 5.74) is 5.00. The van der Waals surface area contributed by atoms with Crippen LogP contribution in [0.3, 0.4) is 0 Å². The number of hydrogen-bond acceptors (Lipinski definition) is 4. The number of carbonyl (C=O) groups is 1. The van der Waals surface area contributed by atoms with Crippen LogP contribution in [0, 0.1) is 0 Å². The Morgan fingerprint density at radius 2 is 2.17 bits per heavy atom. The molecule has 0 aliphatic carbocycles. The van der Waals surface area contributed by atoms with Crippen molar-refractivity contribution in [1.82, 2.24) is 4.98 Å². The van der Waals surface area contributed by atoms with Crippen molar-refractivity contribution in [2.45, 2.75) is 12.5 Å². The van der Waals surface area contributed by atoms with Gasteiger partial charge in [-0.1, -0.05) is 30.3 Å². The lowest BCUT2D eigenvalue weighted by atomic mass is 9.93. The topological polar surface area (TPSA) is 65.2 Å². The highest BCUT2D eigenvalue weighted by atomic mass is 32.1. The van der Waals surface area contributed by atoms with Crippen LogP contribution < -0.4 is 5.73 Å². The summed E-state index contributed by atoms with van der Waals surface area (Å²) in [5.74, 6) is -0.550. The van der Waals surface area contributed by atoms with E-state index in [-0.39, 0.29) is 0 Å². The zero-order valence-corrected chi connectivity index (χ0v) is 10.8. The van der Waals surface area contributed by atoms with Crippen molar-refractivity contribution in [2.24, 2.45) is 5.73 Å². The minimum atomic E-state index is -1.29. The molecule has 2 N–H and O–H groups in total. The van der Waals surface area contributed by atoms with Crippen LogP contribution in [0.1, 0.15) is 17.5 Å². The fourth-order valence-corrected chi connectivity index (χ4v) is 2.69. The normalized spacial score (nSPS) is 14.1. The number of thiazole rings is 1. The molecule has 0 fully saturated rings. The van der Waals surface area contributed by atoms with Crippen LogP contribution in [-0.4, -0.2) is 17.5 Å². The second-order valence-electron chi connectivity index (χ2n) is 3.68. The minimum Gasteiger partial charge on any atom is -0.366 e. The standard InChI is InChI=1S/C13H14N2O2S/c1-2-17-13(11(14)16,12-15-8-9-18-12)10-6-4-3-5-7-10/h3-9H,2H2,1H3,(H2,14,16). The lowest BCUT2D eigenvalue weighted by molar-refractivity contribution is -0.139. The predicted molar refractivity (Wildman–Crippen MR) is 70.2 cm³/mol. The third kappa shape index (κ3) is 2.02. The number of carbonyl (C=O) groups excluding carboxylic acids is 1. The van der Waals surface area contributed by atoms with Crippen molar-refractivity contribution in [1.29, 1.82) is 0 Å². The van der Waals surface area contributed by atoms with Crippen molar-refractivity contribution >= 4 is 17.2 Å². The van der Waals surface area contributed by atoms with Gasteiger partial charge < -0.3 is 10.5 Å². The Labute approximate surface area is 109 Å². The molecule has 0 aliphatic heterocycles. The maximum Gasteiger partial charge on any atom is 0.261 e. The molecule has 4 nitrogen and oxygen atoms in total. The molecule has 0 saturated carbocycles. The zero-order chi connectivity index (χ0) is 13.0. The summed E-state index contributed by atoms with van der Waals surface area (Å²) in [7, 11) is 0. The number of primary amides is 1. The van der Waals surface area contributed by atoms with Crippen molar-refractivity contribution < 1.29 is 9.53 Å². The summed E-state index contributed by atoms with van der Waals surface area (Å²) >= 11 is 1.36. The molecular weight excluding hydrogens is 248 g/mol. The van der Waals surface area contributed by atoms with E-state index in [9.17, 15) is 4.79 Å². The van der Waals surface area contributed by atoms with E-state index in [2.05, 4.69) is 4.98 Å². The first-order valence-corrected chi connectivity index (χ1v) is 6.49. The molecule has 2 aromatic rings. The van der Waals surface area contributed by atoms with Gasteiger partial charge in [-0.25, -0.2) is 4.98 Å². The van der Waals surface area contributed by atoms with Crippen LogP contribution >= 0.6 is 11.3 Å². The first-order chi connectivity index (χ1) is 8.71.